The molecule has 1 unspecified atom stereocenters. The van der Waals surface area contributed by atoms with Gasteiger partial charge < -0.3 is 10.6 Å². The minimum absolute atomic E-state index is 0.0117. The molecule has 0 aromatic rings. The Balaban J connectivity index is 4.61. The Morgan fingerprint density at radius 1 is 0.917 bits per heavy atom. The second kappa shape index (κ2) is 9.80. The first-order chi connectivity index (χ1) is 10.8. The third kappa shape index (κ3) is 9.04. The Kier molecular flexibility index (Phi) is 9.23. The van der Waals surface area contributed by atoms with Crippen molar-refractivity contribution in [3.63, 3.8) is 0 Å². The van der Waals surface area contributed by atoms with E-state index < -0.39 is 12.1 Å². The quantitative estimate of drug-likeness (QED) is 0.677. The number of carbonyl (C=O) groups is 3. The standard InChI is InChI=1S/C19H36N2O3/c1-12(2)16(18(24)20-14(5)17(23)13(3)4)21-15(22)10-9-11-19(6,7)8/h12-14,16H,9-11H2,1-8H3,(H,20,24)(H,21,22)/t14-,16?/m0/s1. The highest BCUT2D eigenvalue weighted by Crippen LogP contribution is 2.21. The van der Waals surface area contributed by atoms with Crippen LogP contribution in [0.1, 0.15) is 74.7 Å². The van der Waals surface area contributed by atoms with E-state index in [9.17, 15) is 14.4 Å². The largest absolute Gasteiger partial charge is 0.345 e. The number of amides is 2. The summed E-state index contributed by atoms with van der Waals surface area (Å²) < 4.78 is 0. The molecule has 2 amide bonds. The maximum atomic E-state index is 12.4. The molecule has 2 N–H and O–H groups in total. The Labute approximate surface area is 147 Å². The van der Waals surface area contributed by atoms with Crippen molar-refractivity contribution in [2.75, 3.05) is 0 Å². The van der Waals surface area contributed by atoms with Crippen molar-refractivity contribution < 1.29 is 14.4 Å². The van der Waals surface area contributed by atoms with Crippen LogP contribution in [-0.2, 0) is 14.4 Å². The number of hydrogen-bond acceptors (Lipinski definition) is 3. The molecular formula is C19H36N2O3. The number of Topliss-reactive ketones (excluding diaryl/α,β-unsaturated/α-hetero) is 1. The molecule has 2 atom stereocenters. The molecule has 0 bridgehead atoms. The van der Waals surface area contributed by atoms with Gasteiger partial charge in [-0.3, -0.25) is 14.4 Å². The van der Waals surface area contributed by atoms with Crippen molar-refractivity contribution in [1.82, 2.24) is 10.6 Å². The zero-order chi connectivity index (χ0) is 19.1. The maximum Gasteiger partial charge on any atom is 0.243 e. The number of rotatable bonds is 9. The van der Waals surface area contributed by atoms with Gasteiger partial charge in [-0.15, -0.1) is 0 Å². The van der Waals surface area contributed by atoms with E-state index >= 15 is 0 Å². The summed E-state index contributed by atoms with van der Waals surface area (Å²) in [5.74, 6) is -0.600. The summed E-state index contributed by atoms with van der Waals surface area (Å²) in [7, 11) is 0. The molecule has 5 nitrogen and oxygen atoms in total. The topological polar surface area (TPSA) is 75.3 Å². The zero-order valence-corrected chi connectivity index (χ0v) is 16.7. The van der Waals surface area contributed by atoms with Crippen molar-refractivity contribution in [3.05, 3.63) is 0 Å². The summed E-state index contributed by atoms with van der Waals surface area (Å²) >= 11 is 0. The summed E-state index contributed by atoms with van der Waals surface area (Å²) in [5, 5.41) is 5.54. The monoisotopic (exact) mass is 340 g/mol. The Hall–Kier alpha value is -1.39. The summed E-state index contributed by atoms with van der Waals surface area (Å²) in [5.41, 5.74) is 0.196. The lowest BCUT2D eigenvalue weighted by atomic mass is 9.90. The normalized spacial score (nSPS) is 14.4. The molecule has 5 heteroatoms. The predicted molar refractivity (Wildman–Crippen MR) is 97.5 cm³/mol. The maximum absolute atomic E-state index is 12.4. The highest BCUT2D eigenvalue weighted by molar-refractivity contribution is 5.93. The van der Waals surface area contributed by atoms with E-state index in [0.717, 1.165) is 12.8 Å². The average molecular weight is 341 g/mol. The SMILES string of the molecule is CC(C)C(=O)[C@H](C)NC(=O)C(NC(=O)CCCC(C)(C)C)C(C)C. The van der Waals surface area contributed by atoms with Gasteiger partial charge in [0.1, 0.15) is 6.04 Å². The van der Waals surface area contributed by atoms with Crippen molar-refractivity contribution in [2.45, 2.75) is 86.7 Å². The predicted octanol–water partition coefficient (Wildman–Crippen LogP) is 3.07. The minimum atomic E-state index is -0.616. The lowest BCUT2D eigenvalue weighted by Crippen LogP contribution is -2.53. The molecule has 0 aliphatic heterocycles. The molecular weight excluding hydrogens is 304 g/mol. The van der Waals surface area contributed by atoms with E-state index in [-0.39, 0.29) is 34.8 Å². The van der Waals surface area contributed by atoms with Gasteiger partial charge in [0, 0.05) is 12.3 Å². The number of carbonyl (C=O) groups excluding carboxylic acids is 3. The first-order valence-electron chi connectivity index (χ1n) is 8.98. The number of hydrogen-bond donors (Lipinski definition) is 2. The molecule has 0 heterocycles. The molecule has 0 saturated heterocycles. The van der Waals surface area contributed by atoms with E-state index in [1.54, 1.807) is 6.92 Å². The van der Waals surface area contributed by atoms with Crippen LogP contribution in [0.25, 0.3) is 0 Å². The summed E-state index contributed by atoms with van der Waals surface area (Å²) in [6.45, 7) is 15.5. The molecule has 0 fully saturated rings. The molecule has 0 aliphatic carbocycles. The smallest absolute Gasteiger partial charge is 0.243 e. The van der Waals surface area contributed by atoms with Crippen molar-refractivity contribution >= 4 is 17.6 Å². The molecule has 24 heavy (non-hydrogen) atoms. The van der Waals surface area contributed by atoms with Crippen LogP contribution in [0, 0.1) is 17.3 Å². The van der Waals surface area contributed by atoms with E-state index in [4.69, 9.17) is 0 Å². The third-order valence-corrected chi connectivity index (χ3v) is 3.95. The van der Waals surface area contributed by atoms with E-state index in [0.29, 0.717) is 6.42 Å². The first-order valence-corrected chi connectivity index (χ1v) is 8.98. The molecule has 0 radical (unpaired) electrons. The van der Waals surface area contributed by atoms with Crippen LogP contribution >= 0.6 is 0 Å². The van der Waals surface area contributed by atoms with Crippen LogP contribution < -0.4 is 10.6 Å². The first kappa shape index (κ1) is 22.6. The van der Waals surface area contributed by atoms with Crippen molar-refractivity contribution in [1.29, 1.82) is 0 Å². The highest BCUT2D eigenvalue weighted by atomic mass is 16.2. The molecule has 0 aliphatic rings. The van der Waals surface area contributed by atoms with E-state index in [2.05, 4.69) is 31.4 Å². The van der Waals surface area contributed by atoms with Gasteiger partial charge in [-0.2, -0.15) is 0 Å². The number of nitrogens with one attached hydrogen (secondary N) is 2. The van der Waals surface area contributed by atoms with Crippen LogP contribution in [0.15, 0.2) is 0 Å². The Morgan fingerprint density at radius 3 is 1.88 bits per heavy atom. The highest BCUT2D eigenvalue weighted by Gasteiger charge is 2.27. The average Bonchev–Trinajstić information content (AvgIpc) is 2.41. The fraction of sp³-hybridized carbons (Fsp3) is 0.842. The van der Waals surface area contributed by atoms with Crippen LogP contribution in [-0.4, -0.2) is 29.7 Å². The second-order valence-electron chi connectivity index (χ2n) is 8.49. The molecule has 0 aromatic heterocycles. The lowest BCUT2D eigenvalue weighted by molar-refractivity contribution is -0.133. The fourth-order valence-corrected chi connectivity index (χ4v) is 2.43. The van der Waals surface area contributed by atoms with Crippen molar-refractivity contribution in [3.8, 4) is 0 Å². The summed E-state index contributed by atoms with van der Waals surface area (Å²) in [4.78, 5) is 36.5. The Morgan fingerprint density at radius 2 is 1.46 bits per heavy atom. The zero-order valence-electron chi connectivity index (χ0n) is 16.7. The van der Waals surface area contributed by atoms with Gasteiger partial charge in [-0.1, -0.05) is 48.5 Å². The molecule has 0 rings (SSSR count). The van der Waals surface area contributed by atoms with Crippen LogP contribution in [0.2, 0.25) is 0 Å². The number of ketones is 1. The van der Waals surface area contributed by atoms with E-state index in [1.807, 2.05) is 27.7 Å². The lowest BCUT2D eigenvalue weighted by Gasteiger charge is -2.24. The van der Waals surface area contributed by atoms with Gasteiger partial charge in [0.15, 0.2) is 5.78 Å². The second-order valence-corrected chi connectivity index (χ2v) is 8.49. The molecule has 0 spiro atoms. The molecule has 0 aromatic carbocycles. The summed E-state index contributed by atoms with van der Waals surface area (Å²) in [6, 6.07) is -1.16. The van der Waals surface area contributed by atoms with Gasteiger partial charge in [0.05, 0.1) is 6.04 Å². The van der Waals surface area contributed by atoms with Gasteiger partial charge in [0.25, 0.3) is 0 Å². The van der Waals surface area contributed by atoms with E-state index in [1.165, 1.54) is 0 Å². The van der Waals surface area contributed by atoms with Crippen LogP contribution in [0.3, 0.4) is 0 Å². The van der Waals surface area contributed by atoms with Crippen LogP contribution in [0.4, 0.5) is 0 Å². The van der Waals surface area contributed by atoms with Crippen molar-refractivity contribution in [2.24, 2.45) is 17.3 Å². The van der Waals surface area contributed by atoms with Gasteiger partial charge in [0.2, 0.25) is 11.8 Å². The fourth-order valence-electron chi connectivity index (χ4n) is 2.43. The van der Waals surface area contributed by atoms with Crippen LogP contribution in [0.5, 0.6) is 0 Å². The minimum Gasteiger partial charge on any atom is -0.345 e. The van der Waals surface area contributed by atoms with Gasteiger partial charge in [-0.05, 0) is 31.1 Å². The van der Waals surface area contributed by atoms with Gasteiger partial charge in [-0.25, -0.2) is 0 Å². The third-order valence-electron chi connectivity index (χ3n) is 3.95. The molecule has 0 saturated carbocycles. The van der Waals surface area contributed by atoms with Gasteiger partial charge >= 0.3 is 0 Å². The molecule has 140 valence electrons. The summed E-state index contributed by atoms with van der Waals surface area (Å²) in [6.07, 6.45) is 2.16. The Bertz CT molecular complexity index is 436.